The molecule has 0 unspecified atom stereocenters. The fourth-order valence-electron chi connectivity index (χ4n) is 1.93. The van der Waals surface area contributed by atoms with Crippen molar-refractivity contribution in [1.29, 1.82) is 0 Å². The molecule has 0 heterocycles. The number of ether oxygens (including phenoxy) is 2. The minimum atomic E-state index is -0.312. The van der Waals surface area contributed by atoms with Gasteiger partial charge in [0.05, 0.1) is 16.9 Å². The second kappa shape index (κ2) is 8.68. The van der Waals surface area contributed by atoms with E-state index < -0.39 is 0 Å². The maximum Gasteiger partial charge on any atom is 0.277 e. The van der Waals surface area contributed by atoms with E-state index in [0.717, 1.165) is 20.4 Å². The molecule has 2 rings (SSSR count). The molecule has 0 spiro atoms. The van der Waals surface area contributed by atoms with Crippen LogP contribution in [0.4, 0.5) is 0 Å². The lowest BCUT2D eigenvalue weighted by molar-refractivity contribution is -0.123. The number of hydrogen-bond acceptors (Lipinski definition) is 4. The third-order valence-corrected chi connectivity index (χ3v) is 4.27. The van der Waals surface area contributed by atoms with Gasteiger partial charge < -0.3 is 9.47 Å². The van der Waals surface area contributed by atoms with Crippen molar-refractivity contribution < 1.29 is 14.3 Å². The van der Waals surface area contributed by atoms with Gasteiger partial charge in [0.1, 0.15) is 11.5 Å². The molecule has 0 bridgehead atoms. The highest BCUT2D eigenvalue weighted by molar-refractivity contribution is 14.1. The van der Waals surface area contributed by atoms with Crippen molar-refractivity contribution in [1.82, 2.24) is 5.43 Å². The minimum Gasteiger partial charge on any atom is -0.496 e. The summed E-state index contributed by atoms with van der Waals surface area (Å²) in [5.41, 5.74) is 5.63. The molecule has 0 fully saturated rings. The largest absolute Gasteiger partial charge is 0.496 e. The Morgan fingerprint density at radius 2 is 2.00 bits per heavy atom. The Kier molecular flexibility index (Phi) is 6.60. The van der Waals surface area contributed by atoms with Crippen molar-refractivity contribution in [2.45, 2.75) is 13.8 Å². The van der Waals surface area contributed by atoms with Crippen molar-refractivity contribution in [2.24, 2.45) is 5.10 Å². The highest BCUT2D eigenvalue weighted by Gasteiger charge is 2.03. The van der Waals surface area contributed by atoms with Crippen LogP contribution in [0.5, 0.6) is 11.5 Å². The van der Waals surface area contributed by atoms with Gasteiger partial charge in [-0.15, -0.1) is 0 Å². The molecule has 24 heavy (non-hydrogen) atoms. The van der Waals surface area contributed by atoms with Gasteiger partial charge in [-0.2, -0.15) is 5.10 Å². The maximum atomic E-state index is 11.8. The van der Waals surface area contributed by atoms with E-state index >= 15 is 0 Å². The van der Waals surface area contributed by atoms with Gasteiger partial charge in [-0.1, -0.05) is 6.07 Å². The van der Waals surface area contributed by atoms with E-state index in [9.17, 15) is 4.79 Å². The van der Waals surface area contributed by atoms with Gasteiger partial charge in [0.2, 0.25) is 0 Å². The first-order valence-electron chi connectivity index (χ1n) is 7.35. The van der Waals surface area contributed by atoms with E-state index in [1.165, 1.54) is 5.56 Å². The predicted molar refractivity (Wildman–Crippen MR) is 103 cm³/mol. The summed E-state index contributed by atoms with van der Waals surface area (Å²) in [6.45, 7) is 3.95. The zero-order valence-electron chi connectivity index (χ0n) is 13.8. The third-order valence-electron chi connectivity index (χ3n) is 3.43. The summed E-state index contributed by atoms with van der Waals surface area (Å²) in [7, 11) is 1.63. The van der Waals surface area contributed by atoms with Gasteiger partial charge in [0.25, 0.3) is 5.91 Å². The quantitative estimate of drug-likeness (QED) is 0.427. The molecule has 0 aliphatic heterocycles. The Labute approximate surface area is 155 Å². The summed E-state index contributed by atoms with van der Waals surface area (Å²) >= 11 is 2.18. The summed E-state index contributed by atoms with van der Waals surface area (Å²) in [5, 5.41) is 3.93. The Bertz CT molecular complexity index is 760. The van der Waals surface area contributed by atoms with Crippen LogP contribution in [0.2, 0.25) is 0 Å². The van der Waals surface area contributed by atoms with E-state index in [1.54, 1.807) is 13.3 Å². The number of aryl methyl sites for hydroxylation is 2. The molecule has 0 aliphatic rings. The first-order chi connectivity index (χ1) is 11.5. The van der Waals surface area contributed by atoms with Gasteiger partial charge in [0, 0.05) is 0 Å². The number of rotatable bonds is 6. The number of amides is 1. The molecule has 0 aromatic heterocycles. The van der Waals surface area contributed by atoms with Crippen LogP contribution >= 0.6 is 22.6 Å². The van der Waals surface area contributed by atoms with Crippen LogP contribution in [-0.2, 0) is 4.79 Å². The highest BCUT2D eigenvalue weighted by atomic mass is 127. The van der Waals surface area contributed by atoms with E-state index in [4.69, 9.17) is 9.47 Å². The van der Waals surface area contributed by atoms with Crippen LogP contribution in [0.25, 0.3) is 0 Å². The number of carbonyl (C=O) groups is 1. The summed E-state index contributed by atoms with van der Waals surface area (Å²) in [4.78, 5) is 11.8. The zero-order chi connectivity index (χ0) is 17.5. The molecule has 2 aromatic rings. The summed E-state index contributed by atoms with van der Waals surface area (Å²) in [6.07, 6.45) is 1.58. The molecular formula is C18H19IN2O3. The van der Waals surface area contributed by atoms with Gasteiger partial charge in [-0.25, -0.2) is 5.43 Å². The number of nitrogens with one attached hydrogen (secondary N) is 1. The second-order valence-electron chi connectivity index (χ2n) is 5.22. The number of nitrogens with zero attached hydrogens (tertiary/aromatic N) is 1. The molecule has 2 aromatic carbocycles. The predicted octanol–water partition coefficient (Wildman–Crippen LogP) is 3.45. The van der Waals surface area contributed by atoms with Crippen LogP contribution in [0.1, 0.15) is 16.7 Å². The number of benzene rings is 2. The molecular weight excluding hydrogens is 419 g/mol. The summed E-state index contributed by atoms with van der Waals surface area (Å²) in [5.74, 6) is 1.16. The van der Waals surface area contributed by atoms with Crippen LogP contribution in [-0.4, -0.2) is 25.8 Å². The molecule has 126 valence electrons. The average Bonchev–Trinajstić information content (AvgIpc) is 2.56. The third kappa shape index (κ3) is 5.23. The first kappa shape index (κ1) is 18.3. The number of carbonyl (C=O) groups excluding carboxylic acids is 1. The van der Waals surface area contributed by atoms with Crippen molar-refractivity contribution in [3.8, 4) is 11.5 Å². The molecule has 0 saturated carbocycles. The van der Waals surface area contributed by atoms with Crippen molar-refractivity contribution >= 4 is 34.7 Å². The van der Waals surface area contributed by atoms with Gasteiger partial charge in [0.15, 0.2) is 6.61 Å². The maximum absolute atomic E-state index is 11.8. The van der Waals surface area contributed by atoms with Crippen LogP contribution in [0.15, 0.2) is 41.5 Å². The molecule has 5 nitrogen and oxygen atoms in total. The summed E-state index contributed by atoms with van der Waals surface area (Å²) < 4.78 is 11.6. The lowest BCUT2D eigenvalue weighted by Gasteiger charge is -2.07. The smallest absolute Gasteiger partial charge is 0.277 e. The van der Waals surface area contributed by atoms with E-state index in [1.807, 2.05) is 50.2 Å². The molecule has 0 atom stereocenters. The van der Waals surface area contributed by atoms with Crippen LogP contribution in [0, 0.1) is 17.4 Å². The van der Waals surface area contributed by atoms with Crippen molar-refractivity contribution in [3.63, 3.8) is 0 Å². The highest BCUT2D eigenvalue weighted by Crippen LogP contribution is 2.20. The van der Waals surface area contributed by atoms with Gasteiger partial charge >= 0.3 is 0 Å². The molecule has 0 saturated heterocycles. The van der Waals surface area contributed by atoms with Crippen molar-refractivity contribution in [3.05, 3.63) is 56.7 Å². The van der Waals surface area contributed by atoms with Crippen LogP contribution in [0.3, 0.4) is 0 Å². The second-order valence-corrected chi connectivity index (χ2v) is 6.38. The number of hydrogen-bond donors (Lipinski definition) is 1. The number of hydrazone groups is 1. The molecule has 1 N–H and O–H groups in total. The normalized spacial score (nSPS) is 10.7. The van der Waals surface area contributed by atoms with Crippen molar-refractivity contribution in [2.75, 3.05) is 13.7 Å². The monoisotopic (exact) mass is 438 g/mol. The topological polar surface area (TPSA) is 59.9 Å². The van der Waals surface area contributed by atoms with Gasteiger partial charge in [-0.05, 0) is 83.5 Å². The fraction of sp³-hybridized carbons (Fsp3) is 0.222. The Balaban J connectivity index is 1.84. The van der Waals surface area contributed by atoms with E-state index in [2.05, 4.69) is 33.1 Å². The van der Waals surface area contributed by atoms with E-state index in [0.29, 0.717) is 5.75 Å². The van der Waals surface area contributed by atoms with E-state index in [-0.39, 0.29) is 12.5 Å². The summed E-state index contributed by atoms with van der Waals surface area (Å²) in [6, 6.07) is 11.4. The first-order valence-corrected chi connectivity index (χ1v) is 8.43. The Morgan fingerprint density at radius 1 is 1.21 bits per heavy atom. The van der Waals surface area contributed by atoms with Crippen LogP contribution < -0.4 is 14.9 Å². The molecule has 0 radical (unpaired) electrons. The number of halogens is 1. The molecule has 0 aliphatic carbocycles. The molecule has 6 heteroatoms. The minimum absolute atomic E-state index is 0.0833. The van der Waals surface area contributed by atoms with Gasteiger partial charge in [-0.3, -0.25) is 4.79 Å². The SMILES string of the molecule is COc1ccc(C=NNC(=O)COc2ccc(C)c(C)c2)cc1I. The number of methoxy groups -OCH3 is 1. The zero-order valence-corrected chi connectivity index (χ0v) is 16.0. The average molecular weight is 438 g/mol. The Morgan fingerprint density at radius 3 is 2.67 bits per heavy atom. The molecule has 1 amide bonds. The standard InChI is InChI=1S/C18H19IN2O3/c1-12-4-6-15(8-13(12)2)24-11-18(22)21-20-10-14-5-7-17(23-3)16(19)9-14/h4-10H,11H2,1-3H3,(H,21,22). The lowest BCUT2D eigenvalue weighted by Crippen LogP contribution is -2.24. The Hall–Kier alpha value is -2.09. The lowest BCUT2D eigenvalue weighted by atomic mass is 10.1. The fourth-order valence-corrected chi connectivity index (χ4v) is 2.69.